The first kappa shape index (κ1) is 13.8. The molecule has 6 heteroatoms. The second-order valence-corrected chi connectivity index (χ2v) is 4.94. The highest BCUT2D eigenvalue weighted by molar-refractivity contribution is 6.08. The highest BCUT2D eigenvalue weighted by Gasteiger charge is 2.26. The maximum absolute atomic E-state index is 12.4. The molecule has 4 N–H and O–H groups in total. The third-order valence-electron chi connectivity index (χ3n) is 3.07. The summed E-state index contributed by atoms with van der Waals surface area (Å²) >= 11 is 0. The highest BCUT2D eigenvalue weighted by atomic mass is 16.4. The third-order valence-corrected chi connectivity index (χ3v) is 3.07. The van der Waals surface area contributed by atoms with E-state index in [1.807, 2.05) is 24.3 Å². The van der Waals surface area contributed by atoms with Gasteiger partial charge in [0.2, 0.25) is 0 Å². The lowest BCUT2D eigenvalue weighted by Crippen LogP contribution is -2.53. The number of para-hydroxylation sites is 1. The van der Waals surface area contributed by atoms with Crippen LogP contribution in [0.4, 0.5) is 0 Å². The van der Waals surface area contributed by atoms with Crippen LogP contribution < -0.4 is 11.1 Å². The normalized spacial score (nSPS) is 12.4. The lowest BCUT2D eigenvalue weighted by Gasteiger charge is -2.24. The van der Waals surface area contributed by atoms with Gasteiger partial charge in [-0.3, -0.25) is 9.78 Å². The first-order valence-corrected chi connectivity index (χ1v) is 6.10. The number of rotatable bonds is 3. The van der Waals surface area contributed by atoms with E-state index in [0.717, 1.165) is 10.9 Å². The molecule has 0 aliphatic carbocycles. The minimum atomic E-state index is -0.948. The van der Waals surface area contributed by atoms with Gasteiger partial charge in [-0.05, 0) is 26.0 Å². The summed E-state index contributed by atoms with van der Waals surface area (Å²) in [6.45, 7) is 3.31. The van der Waals surface area contributed by atoms with Crippen LogP contribution in [-0.2, 0) is 0 Å². The van der Waals surface area contributed by atoms with Crippen LogP contribution in [0.5, 0.6) is 0 Å². The molecule has 1 amide bonds. The Bertz CT molecular complexity index is 674. The number of amides is 1. The van der Waals surface area contributed by atoms with Crippen LogP contribution in [0.3, 0.4) is 0 Å². The van der Waals surface area contributed by atoms with Crippen molar-refractivity contribution in [2.75, 3.05) is 0 Å². The Morgan fingerprint density at radius 1 is 1.35 bits per heavy atom. The molecule has 0 saturated carbocycles. The molecule has 20 heavy (non-hydrogen) atoms. The van der Waals surface area contributed by atoms with Gasteiger partial charge in [-0.25, -0.2) is 0 Å². The Kier molecular flexibility index (Phi) is 3.56. The zero-order valence-corrected chi connectivity index (χ0v) is 11.3. The minimum Gasteiger partial charge on any atom is -0.409 e. The average Bonchev–Trinajstić information content (AvgIpc) is 2.45. The molecule has 0 atom stereocenters. The number of fused-ring (bicyclic) bond motifs is 1. The quantitative estimate of drug-likeness (QED) is 0.341. The predicted molar refractivity (Wildman–Crippen MR) is 76.7 cm³/mol. The van der Waals surface area contributed by atoms with Crippen LogP contribution >= 0.6 is 0 Å². The number of aromatic nitrogens is 1. The third kappa shape index (κ3) is 2.54. The SMILES string of the molecule is CC(C)(NC(=O)c1ccnc2ccccc12)/C(N)=N/O. The molecular weight excluding hydrogens is 256 g/mol. The summed E-state index contributed by atoms with van der Waals surface area (Å²) in [5.74, 6) is -0.371. The fraction of sp³-hybridized carbons (Fsp3) is 0.214. The predicted octanol–water partition coefficient (Wildman–Crippen LogP) is 1.49. The summed E-state index contributed by atoms with van der Waals surface area (Å²) in [6, 6.07) is 9.00. The second kappa shape index (κ2) is 5.16. The van der Waals surface area contributed by atoms with Crippen molar-refractivity contribution in [2.24, 2.45) is 10.9 Å². The van der Waals surface area contributed by atoms with Crippen molar-refractivity contribution >= 4 is 22.6 Å². The number of hydrogen-bond donors (Lipinski definition) is 3. The Morgan fingerprint density at radius 2 is 2.05 bits per heavy atom. The molecule has 0 bridgehead atoms. The van der Waals surface area contributed by atoms with E-state index in [1.165, 1.54) is 0 Å². The Balaban J connectivity index is 2.38. The van der Waals surface area contributed by atoms with E-state index in [-0.39, 0.29) is 11.7 Å². The topological polar surface area (TPSA) is 101 Å². The van der Waals surface area contributed by atoms with Crippen LogP contribution in [0.15, 0.2) is 41.7 Å². The number of carbonyl (C=O) groups is 1. The molecule has 0 radical (unpaired) electrons. The summed E-state index contributed by atoms with van der Waals surface area (Å²) < 4.78 is 0. The van der Waals surface area contributed by atoms with Crippen LogP contribution in [-0.4, -0.2) is 27.5 Å². The molecule has 0 spiro atoms. The van der Waals surface area contributed by atoms with Crippen LogP contribution in [0.2, 0.25) is 0 Å². The number of nitrogens with two attached hydrogens (primary N) is 1. The van der Waals surface area contributed by atoms with E-state index in [9.17, 15) is 4.79 Å². The number of amidine groups is 1. The standard InChI is InChI=1S/C14H16N4O2/c1-14(2,13(15)18-20)17-12(19)10-7-8-16-11-6-4-3-5-9(10)11/h3-8,20H,1-2H3,(H2,15,18)(H,17,19). The average molecular weight is 272 g/mol. The van der Waals surface area contributed by atoms with Gasteiger partial charge in [0.1, 0.15) is 0 Å². The Labute approximate surface area is 116 Å². The summed E-state index contributed by atoms with van der Waals surface area (Å²) in [4.78, 5) is 16.6. The molecular formula is C14H16N4O2. The van der Waals surface area contributed by atoms with E-state index in [1.54, 1.807) is 26.1 Å². The summed E-state index contributed by atoms with van der Waals surface area (Å²) in [6.07, 6.45) is 1.58. The number of pyridine rings is 1. The molecule has 2 rings (SSSR count). The lowest BCUT2D eigenvalue weighted by atomic mass is 10.0. The van der Waals surface area contributed by atoms with Gasteiger partial charge < -0.3 is 16.3 Å². The van der Waals surface area contributed by atoms with Crippen LogP contribution in [0.1, 0.15) is 24.2 Å². The molecule has 6 nitrogen and oxygen atoms in total. The van der Waals surface area contributed by atoms with Crippen molar-refractivity contribution in [3.63, 3.8) is 0 Å². The van der Waals surface area contributed by atoms with E-state index < -0.39 is 5.54 Å². The van der Waals surface area contributed by atoms with Crippen LogP contribution in [0.25, 0.3) is 10.9 Å². The van der Waals surface area contributed by atoms with Gasteiger partial charge in [0.25, 0.3) is 5.91 Å². The fourth-order valence-electron chi connectivity index (χ4n) is 1.83. The number of carbonyl (C=O) groups excluding carboxylic acids is 1. The molecule has 0 aliphatic heterocycles. The maximum Gasteiger partial charge on any atom is 0.252 e. The summed E-state index contributed by atoms with van der Waals surface area (Å²) in [7, 11) is 0. The maximum atomic E-state index is 12.4. The van der Waals surface area contributed by atoms with Crippen molar-refractivity contribution in [1.29, 1.82) is 0 Å². The van der Waals surface area contributed by atoms with Gasteiger partial charge in [-0.15, -0.1) is 0 Å². The van der Waals surface area contributed by atoms with Crippen molar-refractivity contribution in [1.82, 2.24) is 10.3 Å². The second-order valence-electron chi connectivity index (χ2n) is 4.94. The molecule has 2 aromatic rings. The fourth-order valence-corrected chi connectivity index (χ4v) is 1.83. The van der Waals surface area contributed by atoms with Gasteiger partial charge in [-0.1, -0.05) is 23.4 Å². The monoisotopic (exact) mass is 272 g/mol. The molecule has 1 heterocycles. The van der Waals surface area contributed by atoms with Crippen LogP contribution in [0, 0.1) is 0 Å². The zero-order chi connectivity index (χ0) is 14.8. The number of oxime groups is 1. The number of benzene rings is 1. The van der Waals surface area contributed by atoms with E-state index in [4.69, 9.17) is 10.9 Å². The lowest BCUT2D eigenvalue weighted by molar-refractivity contribution is 0.0932. The Morgan fingerprint density at radius 3 is 2.75 bits per heavy atom. The highest BCUT2D eigenvalue weighted by Crippen LogP contribution is 2.17. The van der Waals surface area contributed by atoms with Crippen molar-refractivity contribution in [3.8, 4) is 0 Å². The molecule has 1 aromatic carbocycles. The summed E-state index contributed by atoms with van der Waals surface area (Å²) in [5, 5.41) is 15.1. The van der Waals surface area contributed by atoms with Crippen molar-refractivity contribution < 1.29 is 10.0 Å². The van der Waals surface area contributed by atoms with Gasteiger partial charge in [0.05, 0.1) is 16.6 Å². The van der Waals surface area contributed by atoms with Gasteiger partial charge >= 0.3 is 0 Å². The van der Waals surface area contributed by atoms with Crippen molar-refractivity contribution in [2.45, 2.75) is 19.4 Å². The molecule has 0 unspecified atom stereocenters. The molecule has 0 fully saturated rings. The van der Waals surface area contributed by atoms with E-state index >= 15 is 0 Å². The smallest absolute Gasteiger partial charge is 0.252 e. The molecule has 0 saturated heterocycles. The molecule has 104 valence electrons. The minimum absolute atomic E-state index is 0.0655. The van der Waals surface area contributed by atoms with E-state index in [0.29, 0.717) is 5.56 Å². The molecule has 0 aliphatic rings. The van der Waals surface area contributed by atoms with E-state index in [2.05, 4.69) is 15.5 Å². The number of hydrogen-bond acceptors (Lipinski definition) is 4. The number of nitrogens with one attached hydrogen (secondary N) is 1. The first-order valence-electron chi connectivity index (χ1n) is 6.10. The van der Waals surface area contributed by atoms with Gasteiger partial charge in [0, 0.05) is 11.6 Å². The molecule has 1 aromatic heterocycles. The Hall–Kier alpha value is -2.63. The summed E-state index contributed by atoms with van der Waals surface area (Å²) in [5.41, 5.74) is 5.85. The largest absolute Gasteiger partial charge is 0.409 e. The number of nitrogens with zero attached hydrogens (tertiary/aromatic N) is 2. The first-order chi connectivity index (χ1) is 9.45. The zero-order valence-electron chi connectivity index (χ0n) is 11.3. The van der Waals surface area contributed by atoms with Crippen molar-refractivity contribution in [3.05, 3.63) is 42.1 Å². The van der Waals surface area contributed by atoms with Gasteiger partial charge in [0.15, 0.2) is 5.84 Å². The van der Waals surface area contributed by atoms with Gasteiger partial charge in [-0.2, -0.15) is 0 Å².